The van der Waals surface area contributed by atoms with Gasteiger partial charge in [0.25, 0.3) is 0 Å². The Balaban J connectivity index is 2.74. The van der Waals surface area contributed by atoms with Gasteiger partial charge in [0, 0.05) is 4.91 Å². The molecule has 7 nitrogen and oxygen atoms in total. The van der Waals surface area contributed by atoms with Gasteiger partial charge in [-0.3, -0.25) is 4.79 Å². The van der Waals surface area contributed by atoms with Crippen LogP contribution in [0.2, 0.25) is 0 Å². The van der Waals surface area contributed by atoms with E-state index in [1.165, 1.54) is 7.11 Å². The fourth-order valence-electron chi connectivity index (χ4n) is 1.32. The molecule has 84 valence electrons. The van der Waals surface area contributed by atoms with Crippen LogP contribution in [0.5, 0.6) is 0 Å². The van der Waals surface area contributed by atoms with E-state index in [1.54, 1.807) is 13.8 Å². The van der Waals surface area contributed by atoms with E-state index >= 15 is 0 Å². The highest BCUT2D eigenvalue weighted by Gasteiger charge is 2.40. The zero-order valence-electron chi connectivity index (χ0n) is 8.84. The molecule has 2 atom stereocenters. The Morgan fingerprint density at radius 3 is 2.80 bits per heavy atom. The van der Waals surface area contributed by atoms with Gasteiger partial charge in [-0.25, -0.2) is 0 Å². The summed E-state index contributed by atoms with van der Waals surface area (Å²) in [6.07, 6.45) is -0.594. The fourth-order valence-corrected chi connectivity index (χ4v) is 1.32. The number of esters is 1. The molecule has 1 aliphatic heterocycles. The largest absolute Gasteiger partial charge is 0.469 e. The van der Waals surface area contributed by atoms with Crippen LogP contribution in [0, 0.1) is 0 Å². The van der Waals surface area contributed by atoms with Crippen molar-refractivity contribution in [3.8, 4) is 0 Å². The Hall–Kier alpha value is -1.30. The lowest BCUT2D eigenvalue weighted by Gasteiger charge is -2.19. The highest BCUT2D eigenvalue weighted by molar-refractivity contribution is 5.76. The molecule has 0 bridgehead atoms. The number of hydrogen-bond donors (Lipinski definition) is 0. The van der Waals surface area contributed by atoms with Crippen molar-refractivity contribution in [2.45, 2.75) is 31.8 Å². The minimum absolute atomic E-state index is 0.200. The summed E-state index contributed by atoms with van der Waals surface area (Å²) in [5.41, 5.74) is 8.33. The summed E-state index contributed by atoms with van der Waals surface area (Å²) in [6, 6.07) is -0.998. The van der Waals surface area contributed by atoms with Crippen molar-refractivity contribution >= 4 is 5.97 Å². The molecule has 1 unspecified atom stereocenters. The second kappa shape index (κ2) is 4.48. The van der Waals surface area contributed by atoms with Gasteiger partial charge in [-0.15, -0.1) is 0 Å². The monoisotopic (exact) mass is 215 g/mol. The van der Waals surface area contributed by atoms with Crippen molar-refractivity contribution < 1.29 is 19.0 Å². The fraction of sp³-hybridized carbons (Fsp3) is 0.875. The predicted octanol–water partition coefficient (Wildman–Crippen LogP) is 0.990. The van der Waals surface area contributed by atoms with Crippen LogP contribution in [-0.4, -0.2) is 37.6 Å². The molecule has 0 aromatic heterocycles. The molecule has 1 heterocycles. The second-order valence-electron chi connectivity index (χ2n) is 3.54. The number of methoxy groups -OCH3 is 1. The van der Waals surface area contributed by atoms with Crippen LogP contribution in [0.15, 0.2) is 5.11 Å². The molecule has 0 aliphatic carbocycles. The van der Waals surface area contributed by atoms with Crippen molar-refractivity contribution in [3.05, 3.63) is 10.4 Å². The molecular weight excluding hydrogens is 202 g/mol. The standard InChI is InChI=1S/C8H13N3O4/c1-8(2)14-4-5(15-8)6(10-11-9)7(12)13-3/h5-6H,4H2,1-3H3/t5?,6-/m0/s1. The van der Waals surface area contributed by atoms with Crippen LogP contribution in [0.25, 0.3) is 10.4 Å². The third-order valence-corrected chi connectivity index (χ3v) is 2.00. The molecule has 0 aromatic rings. The Morgan fingerprint density at radius 2 is 2.40 bits per heavy atom. The number of ether oxygens (including phenoxy) is 3. The zero-order valence-corrected chi connectivity index (χ0v) is 8.84. The van der Waals surface area contributed by atoms with Gasteiger partial charge in [-0.1, -0.05) is 5.11 Å². The first kappa shape index (κ1) is 11.8. The molecule has 0 radical (unpaired) electrons. The van der Waals surface area contributed by atoms with Crippen LogP contribution in [0.3, 0.4) is 0 Å². The number of rotatable bonds is 3. The van der Waals surface area contributed by atoms with E-state index in [9.17, 15) is 4.79 Å². The number of carbonyl (C=O) groups excluding carboxylic acids is 1. The third kappa shape index (κ3) is 2.82. The Kier molecular flexibility index (Phi) is 3.52. The van der Waals surface area contributed by atoms with Crippen LogP contribution < -0.4 is 0 Å². The van der Waals surface area contributed by atoms with Gasteiger partial charge >= 0.3 is 5.97 Å². The highest BCUT2D eigenvalue weighted by Crippen LogP contribution is 2.25. The highest BCUT2D eigenvalue weighted by atomic mass is 16.7. The molecule has 1 aliphatic rings. The van der Waals surface area contributed by atoms with Gasteiger partial charge in [0.2, 0.25) is 0 Å². The molecule has 1 saturated heterocycles. The molecule has 0 N–H and O–H groups in total. The lowest BCUT2D eigenvalue weighted by atomic mass is 10.2. The molecule has 1 rings (SSSR count). The minimum atomic E-state index is -0.998. The summed E-state index contributed by atoms with van der Waals surface area (Å²) in [4.78, 5) is 13.9. The van der Waals surface area contributed by atoms with E-state index in [0.717, 1.165) is 0 Å². The van der Waals surface area contributed by atoms with Crippen molar-refractivity contribution in [3.63, 3.8) is 0 Å². The van der Waals surface area contributed by atoms with E-state index in [1.807, 2.05) is 0 Å². The summed E-state index contributed by atoms with van der Waals surface area (Å²) in [7, 11) is 1.23. The lowest BCUT2D eigenvalue weighted by molar-refractivity contribution is -0.155. The smallest absolute Gasteiger partial charge is 0.317 e. The minimum Gasteiger partial charge on any atom is -0.469 e. The van der Waals surface area contributed by atoms with Crippen LogP contribution in [-0.2, 0) is 19.0 Å². The van der Waals surface area contributed by atoms with E-state index < -0.39 is 23.9 Å². The summed E-state index contributed by atoms with van der Waals surface area (Å²) >= 11 is 0. The van der Waals surface area contributed by atoms with Gasteiger partial charge in [0.1, 0.15) is 6.10 Å². The average Bonchev–Trinajstić information content (AvgIpc) is 2.54. The van der Waals surface area contributed by atoms with Gasteiger partial charge in [-0.05, 0) is 19.4 Å². The number of nitrogens with zero attached hydrogens (tertiary/aromatic N) is 3. The van der Waals surface area contributed by atoms with Crippen LogP contribution >= 0.6 is 0 Å². The van der Waals surface area contributed by atoms with Gasteiger partial charge in [-0.2, -0.15) is 0 Å². The predicted molar refractivity (Wildman–Crippen MR) is 49.9 cm³/mol. The van der Waals surface area contributed by atoms with E-state index in [0.29, 0.717) is 0 Å². The maximum atomic E-state index is 11.3. The second-order valence-corrected chi connectivity index (χ2v) is 3.54. The van der Waals surface area contributed by atoms with Crippen LogP contribution in [0.1, 0.15) is 13.8 Å². The number of azide groups is 1. The SMILES string of the molecule is COC(=O)[C@@H](N=[N+]=[N-])C1COC(C)(C)O1. The van der Waals surface area contributed by atoms with E-state index in [-0.39, 0.29) is 6.61 Å². The molecule has 7 heteroatoms. The maximum Gasteiger partial charge on any atom is 0.317 e. The summed E-state index contributed by atoms with van der Waals surface area (Å²) in [6.45, 7) is 3.64. The molecule has 15 heavy (non-hydrogen) atoms. The van der Waals surface area contributed by atoms with Gasteiger partial charge in [0.15, 0.2) is 11.8 Å². The molecule has 0 aromatic carbocycles. The molecule has 0 saturated carbocycles. The Morgan fingerprint density at radius 1 is 1.73 bits per heavy atom. The summed E-state index contributed by atoms with van der Waals surface area (Å²) < 4.78 is 15.2. The molecule has 0 spiro atoms. The van der Waals surface area contributed by atoms with Crippen molar-refractivity contribution in [1.29, 1.82) is 0 Å². The van der Waals surface area contributed by atoms with E-state index in [2.05, 4.69) is 14.8 Å². The van der Waals surface area contributed by atoms with Crippen molar-refractivity contribution in [2.24, 2.45) is 5.11 Å². The zero-order chi connectivity index (χ0) is 11.5. The summed E-state index contributed by atoms with van der Waals surface area (Å²) in [5.74, 6) is -1.39. The van der Waals surface area contributed by atoms with Crippen molar-refractivity contribution in [1.82, 2.24) is 0 Å². The number of carbonyl (C=O) groups is 1. The third-order valence-electron chi connectivity index (χ3n) is 2.00. The Labute approximate surface area is 86.9 Å². The van der Waals surface area contributed by atoms with Gasteiger partial charge < -0.3 is 14.2 Å². The summed E-state index contributed by atoms with van der Waals surface area (Å²) in [5, 5.41) is 3.34. The first-order valence-corrected chi connectivity index (χ1v) is 4.44. The topological polar surface area (TPSA) is 93.5 Å². The first-order valence-electron chi connectivity index (χ1n) is 4.44. The Bertz CT molecular complexity index is 298. The van der Waals surface area contributed by atoms with Gasteiger partial charge in [0.05, 0.1) is 13.7 Å². The molecule has 1 fully saturated rings. The maximum absolute atomic E-state index is 11.3. The molecule has 0 amide bonds. The van der Waals surface area contributed by atoms with Crippen molar-refractivity contribution in [2.75, 3.05) is 13.7 Å². The number of hydrogen-bond acceptors (Lipinski definition) is 5. The van der Waals surface area contributed by atoms with Crippen LogP contribution in [0.4, 0.5) is 0 Å². The quantitative estimate of drug-likeness (QED) is 0.303. The molecular formula is C8H13N3O4. The average molecular weight is 215 g/mol. The normalized spacial score (nSPS) is 25.4. The first-order chi connectivity index (χ1) is 7.00. The van der Waals surface area contributed by atoms with E-state index in [4.69, 9.17) is 15.0 Å². The lowest BCUT2D eigenvalue weighted by Crippen LogP contribution is -2.36.